The van der Waals surface area contributed by atoms with E-state index in [1.807, 2.05) is 30.8 Å². The summed E-state index contributed by atoms with van der Waals surface area (Å²) in [4.78, 5) is 4.86. The van der Waals surface area contributed by atoms with Crippen LogP contribution in [0.15, 0.2) is 12.1 Å². The topological polar surface area (TPSA) is 50.9 Å². The number of hydrogen-bond acceptors (Lipinski definition) is 4. The SMILES string of the molecule is CCC(CSC)Nc1cc(C(N)=S)cc(C)n1. The molecule has 0 aliphatic carbocycles. The molecule has 0 spiro atoms. The van der Waals surface area contributed by atoms with Crippen LogP contribution in [0.1, 0.15) is 24.6 Å². The molecule has 0 aromatic carbocycles. The molecule has 1 atom stereocenters. The summed E-state index contributed by atoms with van der Waals surface area (Å²) < 4.78 is 0. The zero-order chi connectivity index (χ0) is 12.8. The molecule has 0 aliphatic heterocycles. The number of anilines is 1. The molecule has 0 saturated carbocycles. The van der Waals surface area contributed by atoms with Crippen LogP contribution >= 0.6 is 24.0 Å². The molecular formula is C12H19N3S2. The first-order chi connectivity index (χ1) is 8.06. The predicted molar refractivity (Wildman–Crippen MR) is 80.9 cm³/mol. The smallest absolute Gasteiger partial charge is 0.127 e. The summed E-state index contributed by atoms with van der Waals surface area (Å²) in [5, 5.41) is 3.42. The van der Waals surface area contributed by atoms with Gasteiger partial charge in [0.2, 0.25) is 0 Å². The molecule has 17 heavy (non-hydrogen) atoms. The molecule has 1 rings (SSSR count). The monoisotopic (exact) mass is 269 g/mol. The fourth-order valence-corrected chi connectivity index (χ4v) is 2.40. The third kappa shape index (κ3) is 4.52. The molecule has 1 heterocycles. The van der Waals surface area contributed by atoms with Crippen molar-refractivity contribution < 1.29 is 0 Å². The Hall–Kier alpha value is -0.810. The van der Waals surface area contributed by atoms with Gasteiger partial charge in [0.05, 0.1) is 0 Å². The standard InChI is InChI=1S/C12H19N3S2/c1-4-10(7-17-3)15-11-6-9(12(13)16)5-8(2)14-11/h5-6,10H,4,7H2,1-3H3,(H2,13,16)(H,14,15). The number of pyridine rings is 1. The van der Waals surface area contributed by atoms with Gasteiger partial charge in [-0.2, -0.15) is 11.8 Å². The van der Waals surface area contributed by atoms with Crippen LogP contribution in [0.3, 0.4) is 0 Å². The van der Waals surface area contributed by atoms with E-state index in [4.69, 9.17) is 18.0 Å². The van der Waals surface area contributed by atoms with Gasteiger partial charge in [0, 0.05) is 23.1 Å². The molecule has 0 bridgehead atoms. The molecule has 3 N–H and O–H groups in total. The number of nitrogens with two attached hydrogens (primary N) is 1. The Kier molecular flexibility index (Phi) is 5.71. The van der Waals surface area contributed by atoms with Crippen molar-refractivity contribution in [3.63, 3.8) is 0 Å². The number of nitrogens with zero attached hydrogens (tertiary/aromatic N) is 1. The van der Waals surface area contributed by atoms with Gasteiger partial charge in [-0.1, -0.05) is 19.1 Å². The Bertz CT molecular complexity index is 393. The van der Waals surface area contributed by atoms with Gasteiger partial charge in [-0.05, 0) is 31.7 Å². The lowest BCUT2D eigenvalue weighted by molar-refractivity contribution is 0.769. The Labute approximate surface area is 113 Å². The van der Waals surface area contributed by atoms with Gasteiger partial charge in [-0.25, -0.2) is 4.98 Å². The Morgan fingerprint density at radius 1 is 1.59 bits per heavy atom. The summed E-state index contributed by atoms with van der Waals surface area (Å²) in [6.45, 7) is 4.11. The fourth-order valence-electron chi connectivity index (χ4n) is 1.56. The maximum Gasteiger partial charge on any atom is 0.127 e. The van der Waals surface area contributed by atoms with Crippen LogP contribution in [-0.4, -0.2) is 28.0 Å². The van der Waals surface area contributed by atoms with Crippen LogP contribution in [0.25, 0.3) is 0 Å². The summed E-state index contributed by atoms with van der Waals surface area (Å²) in [5.41, 5.74) is 7.44. The number of thiocarbonyl (C=S) groups is 1. The lowest BCUT2D eigenvalue weighted by Crippen LogP contribution is -2.22. The van der Waals surface area contributed by atoms with E-state index < -0.39 is 0 Å². The second-order valence-electron chi connectivity index (χ2n) is 3.95. The van der Waals surface area contributed by atoms with E-state index in [0.29, 0.717) is 11.0 Å². The highest BCUT2D eigenvalue weighted by Gasteiger charge is 2.08. The minimum absolute atomic E-state index is 0.413. The summed E-state index contributed by atoms with van der Waals surface area (Å²) in [7, 11) is 0. The molecule has 0 saturated heterocycles. The minimum Gasteiger partial charge on any atom is -0.389 e. The Balaban J connectivity index is 2.86. The van der Waals surface area contributed by atoms with Crippen LogP contribution in [-0.2, 0) is 0 Å². The second-order valence-corrected chi connectivity index (χ2v) is 5.30. The average Bonchev–Trinajstić information content (AvgIpc) is 2.27. The van der Waals surface area contributed by atoms with E-state index in [9.17, 15) is 0 Å². The third-order valence-corrected chi connectivity index (χ3v) is 3.42. The number of hydrogen-bond donors (Lipinski definition) is 2. The first-order valence-corrected chi connectivity index (χ1v) is 7.41. The molecule has 0 amide bonds. The van der Waals surface area contributed by atoms with Gasteiger partial charge in [-0.3, -0.25) is 0 Å². The third-order valence-electron chi connectivity index (χ3n) is 2.45. The van der Waals surface area contributed by atoms with Gasteiger partial charge >= 0.3 is 0 Å². The largest absolute Gasteiger partial charge is 0.389 e. The molecule has 94 valence electrons. The van der Waals surface area contributed by atoms with Crippen LogP contribution in [0.4, 0.5) is 5.82 Å². The Morgan fingerprint density at radius 3 is 2.82 bits per heavy atom. The van der Waals surface area contributed by atoms with E-state index in [0.717, 1.165) is 29.2 Å². The van der Waals surface area contributed by atoms with Gasteiger partial charge in [0.1, 0.15) is 10.8 Å². The van der Waals surface area contributed by atoms with Crippen molar-refractivity contribution in [1.29, 1.82) is 0 Å². The summed E-state index contributed by atoms with van der Waals surface area (Å²) >= 11 is 6.82. The second kappa shape index (κ2) is 6.81. The van der Waals surface area contributed by atoms with Crippen molar-refractivity contribution in [2.45, 2.75) is 26.3 Å². The van der Waals surface area contributed by atoms with Crippen LogP contribution in [0.2, 0.25) is 0 Å². The lowest BCUT2D eigenvalue weighted by atomic mass is 10.2. The van der Waals surface area contributed by atoms with Crippen molar-refractivity contribution in [3.8, 4) is 0 Å². The van der Waals surface area contributed by atoms with Crippen LogP contribution < -0.4 is 11.1 Å². The summed E-state index contributed by atoms with van der Waals surface area (Å²) in [5.74, 6) is 1.92. The van der Waals surface area contributed by atoms with Gasteiger partial charge < -0.3 is 11.1 Å². The van der Waals surface area contributed by atoms with Gasteiger partial charge in [0.25, 0.3) is 0 Å². The molecule has 5 heteroatoms. The predicted octanol–water partition coefficient (Wildman–Crippen LogP) is 2.58. The summed E-state index contributed by atoms with van der Waals surface area (Å²) in [6, 6.07) is 4.25. The molecule has 3 nitrogen and oxygen atoms in total. The van der Waals surface area contributed by atoms with Crippen molar-refractivity contribution in [3.05, 3.63) is 23.4 Å². The van der Waals surface area contributed by atoms with Crippen molar-refractivity contribution >= 4 is 34.8 Å². The molecule has 0 fully saturated rings. The van der Waals surface area contributed by atoms with E-state index >= 15 is 0 Å². The quantitative estimate of drug-likeness (QED) is 0.777. The lowest BCUT2D eigenvalue weighted by Gasteiger charge is -2.17. The van der Waals surface area contributed by atoms with Crippen molar-refractivity contribution in [1.82, 2.24) is 4.98 Å². The normalized spacial score (nSPS) is 12.2. The van der Waals surface area contributed by atoms with Crippen LogP contribution in [0.5, 0.6) is 0 Å². The van der Waals surface area contributed by atoms with Gasteiger partial charge in [-0.15, -0.1) is 0 Å². The number of nitrogens with one attached hydrogen (secondary N) is 1. The fraction of sp³-hybridized carbons (Fsp3) is 0.500. The summed E-state index contributed by atoms with van der Waals surface area (Å²) in [6.07, 6.45) is 3.17. The van der Waals surface area contributed by atoms with E-state index in [-0.39, 0.29) is 0 Å². The first-order valence-electron chi connectivity index (χ1n) is 5.60. The average molecular weight is 269 g/mol. The zero-order valence-electron chi connectivity index (χ0n) is 10.5. The highest BCUT2D eigenvalue weighted by atomic mass is 32.2. The molecule has 0 radical (unpaired) electrons. The zero-order valence-corrected chi connectivity index (χ0v) is 12.1. The maximum atomic E-state index is 5.65. The number of rotatable bonds is 6. The highest BCUT2D eigenvalue weighted by molar-refractivity contribution is 7.98. The van der Waals surface area contributed by atoms with Crippen LogP contribution in [0, 0.1) is 6.92 Å². The maximum absolute atomic E-state index is 5.65. The van der Waals surface area contributed by atoms with E-state index in [1.54, 1.807) is 0 Å². The van der Waals surface area contributed by atoms with Crippen molar-refractivity contribution in [2.24, 2.45) is 5.73 Å². The van der Waals surface area contributed by atoms with Crippen molar-refractivity contribution in [2.75, 3.05) is 17.3 Å². The molecule has 1 unspecified atom stereocenters. The van der Waals surface area contributed by atoms with E-state index in [2.05, 4.69) is 23.5 Å². The molecule has 0 aliphatic rings. The highest BCUT2D eigenvalue weighted by Crippen LogP contribution is 2.13. The first kappa shape index (κ1) is 14.3. The molecular weight excluding hydrogens is 250 g/mol. The van der Waals surface area contributed by atoms with Gasteiger partial charge in [0.15, 0.2) is 0 Å². The Morgan fingerprint density at radius 2 is 2.29 bits per heavy atom. The molecule has 1 aromatic heterocycles. The number of aryl methyl sites for hydroxylation is 1. The number of aromatic nitrogens is 1. The molecule has 1 aromatic rings. The number of thioether (sulfide) groups is 1. The van der Waals surface area contributed by atoms with E-state index in [1.165, 1.54) is 0 Å². The minimum atomic E-state index is 0.413.